The van der Waals surface area contributed by atoms with Gasteiger partial charge in [0.25, 0.3) is 0 Å². The monoisotopic (exact) mass is 112 g/mol. The fourth-order valence-corrected chi connectivity index (χ4v) is 0.657. The van der Waals surface area contributed by atoms with Crippen LogP contribution in [-0.2, 0) is 0 Å². The number of rotatable bonds is 0. The van der Waals surface area contributed by atoms with Gasteiger partial charge in [-0.2, -0.15) is 5.26 Å². The van der Waals surface area contributed by atoms with E-state index in [4.69, 9.17) is 11.0 Å². The zero-order valence-electron chi connectivity index (χ0n) is 4.39. The minimum Gasteiger partial charge on any atom is -0.314 e. The maximum atomic E-state index is 8.30. The van der Waals surface area contributed by atoms with Gasteiger partial charge in [0, 0.05) is 6.67 Å². The molecule has 0 bridgehead atoms. The fourth-order valence-electron chi connectivity index (χ4n) is 0.657. The molecular formula is C4H8N4. The summed E-state index contributed by atoms with van der Waals surface area (Å²) < 4.78 is 0. The minimum atomic E-state index is -0.213. The Labute approximate surface area is 47.7 Å². The van der Waals surface area contributed by atoms with Crippen LogP contribution in [0.3, 0.4) is 0 Å². The molecule has 1 heterocycles. The first kappa shape index (κ1) is 5.51. The van der Waals surface area contributed by atoms with E-state index in [0.717, 1.165) is 0 Å². The molecule has 4 N–H and O–H groups in total. The molecule has 1 rings (SSSR count). The largest absolute Gasteiger partial charge is 0.314 e. The molecule has 2 atom stereocenters. The Kier molecular flexibility index (Phi) is 1.44. The van der Waals surface area contributed by atoms with E-state index >= 15 is 0 Å². The van der Waals surface area contributed by atoms with Crippen LogP contribution in [0.5, 0.6) is 0 Å². The molecule has 44 valence electrons. The first-order chi connectivity index (χ1) is 3.84. The summed E-state index contributed by atoms with van der Waals surface area (Å²) in [6.45, 7) is 0.638. The number of nitrogens with one attached hydrogen (secondary N) is 2. The SMILES string of the molecule is N#C[C@@H]1NCN[C@H]1N. The van der Waals surface area contributed by atoms with Crippen LogP contribution >= 0.6 is 0 Å². The van der Waals surface area contributed by atoms with Gasteiger partial charge in [-0.3, -0.25) is 10.6 Å². The minimum absolute atomic E-state index is 0.194. The first-order valence-electron chi connectivity index (χ1n) is 2.46. The van der Waals surface area contributed by atoms with E-state index in [9.17, 15) is 0 Å². The number of nitrogens with zero attached hydrogens (tertiary/aromatic N) is 1. The van der Waals surface area contributed by atoms with E-state index in [0.29, 0.717) is 6.67 Å². The molecule has 0 saturated carbocycles. The highest BCUT2D eigenvalue weighted by molar-refractivity contribution is 4.99. The van der Waals surface area contributed by atoms with Crippen LogP contribution in [0, 0.1) is 11.3 Å². The van der Waals surface area contributed by atoms with Crippen molar-refractivity contribution >= 4 is 0 Å². The molecule has 0 unspecified atom stereocenters. The molecule has 1 aliphatic heterocycles. The molecule has 0 aromatic carbocycles. The van der Waals surface area contributed by atoms with Crippen molar-refractivity contribution in [2.24, 2.45) is 5.73 Å². The Bertz CT molecular complexity index is 116. The Morgan fingerprint density at radius 1 is 1.62 bits per heavy atom. The molecule has 0 radical (unpaired) electrons. The quantitative estimate of drug-likeness (QED) is 0.349. The maximum absolute atomic E-state index is 8.30. The molecule has 0 spiro atoms. The van der Waals surface area contributed by atoms with Gasteiger partial charge in [-0.15, -0.1) is 0 Å². The standard InChI is InChI=1S/C4H8N4/c5-1-3-4(6)8-2-7-3/h3-4,7-8H,2,6H2/t3-,4+/m0/s1. The second-order valence-corrected chi connectivity index (χ2v) is 1.72. The molecule has 1 saturated heterocycles. The van der Waals surface area contributed by atoms with E-state index in [1.165, 1.54) is 0 Å². The lowest BCUT2D eigenvalue weighted by molar-refractivity contribution is 0.607. The van der Waals surface area contributed by atoms with Gasteiger partial charge in [-0.1, -0.05) is 0 Å². The second kappa shape index (κ2) is 2.09. The summed E-state index contributed by atoms with van der Waals surface area (Å²) in [4.78, 5) is 0. The lowest BCUT2D eigenvalue weighted by Gasteiger charge is -2.02. The van der Waals surface area contributed by atoms with Crippen molar-refractivity contribution in [3.05, 3.63) is 0 Å². The molecule has 0 aromatic rings. The number of nitrogens with two attached hydrogens (primary N) is 1. The van der Waals surface area contributed by atoms with Crippen LogP contribution in [0.2, 0.25) is 0 Å². The molecule has 8 heavy (non-hydrogen) atoms. The summed E-state index contributed by atoms with van der Waals surface area (Å²) in [5.74, 6) is 0. The van der Waals surface area contributed by atoms with Gasteiger partial charge in [0.15, 0.2) is 0 Å². The number of nitriles is 1. The van der Waals surface area contributed by atoms with Crippen LogP contribution in [0.15, 0.2) is 0 Å². The lowest BCUT2D eigenvalue weighted by atomic mass is 10.3. The Morgan fingerprint density at radius 3 is 2.62 bits per heavy atom. The van der Waals surface area contributed by atoms with Gasteiger partial charge in [0.2, 0.25) is 0 Å². The van der Waals surface area contributed by atoms with Gasteiger partial charge < -0.3 is 5.73 Å². The van der Waals surface area contributed by atoms with Gasteiger partial charge in [0.1, 0.15) is 6.04 Å². The van der Waals surface area contributed by atoms with Gasteiger partial charge >= 0.3 is 0 Å². The topological polar surface area (TPSA) is 73.9 Å². The van der Waals surface area contributed by atoms with Gasteiger partial charge in [-0.25, -0.2) is 0 Å². The van der Waals surface area contributed by atoms with Crippen LogP contribution in [0.1, 0.15) is 0 Å². The Hall–Kier alpha value is -0.630. The molecular weight excluding hydrogens is 104 g/mol. The third-order valence-electron chi connectivity index (χ3n) is 1.16. The molecule has 4 heteroatoms. The molecule has 4 nitrogen and oxygen atoms in total. The third-order valence-corrected chi connectivity index (χ3v) is 1.16. The predicted octanol–water partition coefficient (Wildman–Crippen LogP) is -1.69. The average Bonchev–Trinajstić information content (AvgIpc) is 2.14. The van der Waals surface area contributed by atoms with E-state index in [2.05, 4.69) is 10.6 Å². The summed E-state index contributed by atoms with van der Waals surface area (Å²) >= 11 is 0. The summed E-state index contributed by atoms with van der Waals surface area (Å²) in [5, 5.41) is 14.0. The second-order valence-electron chi connectivity index (χ2n) is 1.72. The Balaban J connectivity index is 2.45. The molecule has 0 aromatic heterocycles. The fraction of sp³-hybridized carbons (Fsp3) is 0.750. The van der Waals surface area contributed by atoms with Crippen molar-refractivity contribution in [1.82, 2.24) is 10.6 Å². The summed E-state index contributed by atoms with van der Waals surface area (Å²) in [5.41, 5.74) is 5.39. The van der Waals surface area contributed by atoms with Crippen LogP contribution in [0.25, 0.3) is 0 Å². The molecule has 1 fully saturated rings. The molecule has 1 aliphatic rings. The van der Waals surface area contributed by atoms with Crippen LogP contribution < -0.4 is 16.4 Å². The predicted molar refractivity (Wildman–Crippen MR) is 28.5 cm³/mol. The smallest absolute Gasteiger partial charge is 0.125 e. The Morgan fingerprint density at radius 2 is 2.38 bits per heavy atom. The van der Waals surface area contributed by atoms with Gasteiger partial charge in [-0.05, 0) is 0 Å². The maximum Gasteiger partial charge on any atom is 0.125 e. The third kappa shape index (κ3) is 0.793. The summed E-state index contributed by atoms with van der Waals surface area (Å²) in [7, 11) is 0. The highest BCUT2D eigenvalue weighted by Gasteiger charge is 2.20. The summed E-state index contributed by atoms with van der Waals surface area (Å²) in [6.07, 6.45) is -0.194. The zero-order chi connectivity index (χ0) is 5.98. The van der Waals surface area contributed by atoms with E-state index < -0.39 is 0 Å². The van der Waals surface area contributed by atoms with Gasteiger partial charge in [0.05, 0.1) is 12.2 Å². The van der Waals surface area contributed by atoms with Crippen molar-refractivity contribution < 1.29 is 0 Å². The average molecular weight is 112 g/mol. The van der Waals surface area contributed by atoms with E-state index in [1.807, 2.05) is 6.07 Å². The van der Waals surface area contributed by atoms with Crippen molar-refractivity contribution in [2.45, 2.75) is 12.2 Å². The highest BCUT2D eigenvalue weighted by Crippen LogP contribution is 1.88. The van der Waals surface area contributed by atoms with Crippen molar-refractivity contribution in [2.75, 3.05) is 6.67 Å². The van der Waals surface area contributed by atoms with Crippen molar-refractivity contribution in [3.63, 3.8) is 0 Å². The van der Waals surface area contributed by atoms with E-state index in [1.54, 1.807) is 0 Å². The van der Waals surface area contributed by atoms with Crippen LogP contribution in [-0.4, -0.2) is 18.9 Å². The van der Waals surface area contributed by atoms with Crippen LogP contribution in [0.4, 0.5) is 0 Å². The normalized spacial score (nSPS) is 37.0. The zero-order valence-corrected chi connectivity index (χ0v) is 4.39. The lowest BCUT2D eigenvalue weighted by Crippen LogP contribution is -2.40. The summed E-state index contributed by atoms with van der Waals surface area (Å²) in [6, 6.07) is 1.80. The van der Waals surface area contributed by atoms with E-state index in [-0.39, 0.29) is 12.2 Å². The molecule has 0 amide bonds. The highest BCUT2D eigenvalue weighted by atomic mass is 15.2. The number of hydrogen-bond donors (Lipinski definition) is 3. The molecule has 0 aliphatic carbocycles. The van der Waals surface area contributed by atoms with Crippen molar-refractivity contribution in [3.8, 4) is 6.07 Å². The number of hydrogen-bond acceptors (Lipinski definition) is 4. The van der Waals surface area contributed by atoms with Crippen molar-refractivity contribution in [1.29, 1.82) is 5.26 Å². The first-order valence-corrected chi connectivity index (χ1v) is 2.46.